The molecule has 0 aliphatic rings. The molecule has 0 fully saturated rings. The average molecular weight is 352 g/mol. The maximum Gasteiger partial charge on any atom is 0.250 e. The van der Waals surface area contributed by atoms with Gasteiger partial charge in [0.05, 0.1) is 16.5 Å². The first-order chi connectivity index (χ1) is 9.72. The van der Waals surface area contributed by atoms with Crippen molar-refractivity contribution in [2.24, 2.45) is 5.92 Å². The second-order valence-corrected chi connectivity index (χ2v) is 8.72. The summed E-state index contributed by atoms with van der Waals surface area (Å²) in [6.07, 6.45) is 1.69. The van der Waals surface area contributed by atoms with Crippen molar-refractivity contribution in [1.82, 2.24) is 4.72 Å². The minimum atomic E-state index is -3.68. The van der Waals surface area contributed by atoms with Crippen LogP contribution in [0.3, 0.4) is 0 Å². The summed E-state index contributed by atoms with van der Waals surface area (Å²) in [6, 6.07) is 2.45. The third-order valence-electron chi connectivity index (χ3n) is 3.62. The number of sulfonamides is 1. The summed E-state index contributed by atoms with van der Waals surface area (Å²) in [4.78, 5) is 0. The van der Waals surface area contributed by atoms with Crippen LogP contribution in [0, 0.1) is 5.92 Å². The largest absolute Gasteiger partial charge is 0.387 e. The molecule has 4 nitrogen and oxygen atoms in total. The van der Waals surface area contributed by atoms with E-state index in [-0.39, 0.29) is 10.1 Å². The van der Waals surface area contributed by atoms with Crippen molar-refractivity contribution in [2.45, 2.75) is 50.5 Å². The van der Waals surface area contributed by atoms with Crippen LogP contribution in [0.15, 0.2) is 28.0 Å². The van der Waals surface area contributed by atoms with Crippen LogP contribution in [-0.4, -0.2) is 25.7 Å². The number of rotatable bonds is 7. The first-order valence-electron chi connectivity index (χ1n) is 6.81. The van der Waals surface area contributed by atoms with Gasteiger partial charge in [0.1, 0.15) is 4.21 Å². The Balaban J connectivity index is 3.06. The van der Waals surface area contributed by atoms with Crippen LogP contribution in [0.4, 0.5) is 0 Å². The Morgan fingerprint density at radius 1 is 1.52 bits per heavy atom. The molecule has 0 aromatic carbocycles. The van der Waals surface area contributed by atoms with E-state index in [4.69, 9.17) is 11.6 Å². The highest BCUT2D eigenvalue weighted by molar-refractivity contribution is 7.91. The van der Waals surface area contributed by atoms with E-state index in [1.807, 2.05) is 20.8 Å². The van der Waals surface area contributed by atoms with Gasteiger partial charge in [-0.3, -0.25) is 0 Å². The number of hydrogen-bond donors (Lipinski definition) is 2. The summed E-state index contributed by atoms with van der Waals surface area (Å²) >= 11 is 6.80. The van der Waals surface area contributed by atoms with Crippen molar-refractivity contribution in [3.8, 4) is 0 Å². The molecule has 0 spiro atoms. The number of aliphatic hydroxyl groups is 1. The third-order valence-corrected chi connectivity index (χ3v) is 6.81. The van der Waals surface area contributed by atoms with Crippen molar-refractivity contribution in [3.63, 3.8) is 0 Å². The molecule has 0 aliphatic heterocycles. The normalized spacial score (nSPS) is 17.5. The van der Waals surface area contributed by atoms with Gasteiger partial charge in [0, 0.05) is 0 Å². The number of hydrogen-bond acceptors (Lipinski definition) is 4. The van der Waals surface area contributed by atoms with E-state index in [1.165, 1.54) is 6.07 Å². The van der Waals surface area contributed by atoms with Crippen molar-refractivity contribution in [2.75, 3.05) is 0 Å². The Morgan fingerprint density at radius 2 is 2.14 bits per heavy atom. The van der Waals surface area contributed by atoms with Gasteiger partial charge >= 0.3 is 0 Å². The summed E-state index contributed by atoms with van der Waals surface area (Å²) in [5.41, 5.74) is 0.743. The van der Waals surface area contributed by atoms with E-state index in [1.54, 1.807) is 19.1 Å². The number of thiophene rings is 1. The van der Waals surface area contributed by atoms with E-state index >= 15 is 0 Å². The predicted molar refractivity (Wildman–Crippen MR) is 88.3 cm³/mol. The molecule has 1 rings (SSSR count). The molecule has 0 bridgehead atoms. The van der Waals surface area contributed by atoms with Gasteiger partial charge in [-0.1, -0.05) is 37.9 Å². The fourth-order valence-corrected chi connectivity index (χ4v) is 4.73. The Bertz CT molecular complexity index is 595. The molecule has 1 heterocycles. The molecule has 0 amide bonds. The molecule has 3 atom stereocenters. The topological polar surface area (TPSA) is 66.4 Å². The number of halogens is 1. The summed E-state index contributed by atoms with van der Waals surface area (Å²) < 4.78 is 28.0. The molecule has 7 heteroatoms. The quantitative estimate of drug-likeness (QED) is 0.739. The Hall–Kier alpha value is -0.400. The number of aliphatic hydroxyl groups excluding tert-OH is 1. The Labute approximate surface area is 135 Å². The molecule has 21 heavy (non-hydrogen) atoms. The van der Waals surface area contributed by atoms with Crippen molar-refractivity contribution < 1.29 is 13.5 Å². The zero-order valence-electron chi connectivity index (χ0n) is 12.6. The summed E-state index contributed by atoms with van der Waals surface area (Å²) in [7, 11) is -3.68. The minimum absolute atomic E-state index is 0.000101. The third kappa shape index (κ3) is 4.79. The number of nitrogens with one attached hydrogen (secondary N) is 1. The molecule has 0 aliphatic carbocycles. The lowest BCUT2D eigenvalue weighted by Gasteiger charge is -2.29. The van der Waals surface area contributed by atoms with Crippen LogP contribution >= 0.6 is 22.9 Å². The lowest BCUT2D eigenvalue weighted by atomic mass is 9.91. The summed E-state index contributed by atoms with van der Waals surface area (Å²) in [5, 5.41) is 10.4. The minimum Gasteiger partial charge on any atom is -0.387 e. The fourth-order valence-electron chi connectivity index (χ4n) is 1.88. The van der Waals surface area contributed by atoms with E-state index in [9.17, 15) is 13.5 Å². The smallest absolute Gasteiger partial charge is 0.250 e. The fraction of sp³-hybridized carbons (Fsp3) is 0.571. The molecule has 0 saturated carbocycles. The molecule has 0 radical (unpaired) electrons. The number of allylic oxidation sites excluding steroid dienone is 1. The van der Waals surface area contributed by atoms with Crippen LogP contribution in [0.25, 0.3) is 0 Å². The first-order valence-corrected chi connectivity index (χ1v) is 9.49. The molecular weight excluding hydrogens is 330 g/mol. The van der Waals surface area contributed by atoms with Gasteiger partial charge in [-0.25, -0.2) is 13.1 Å². The maximum atomic E-state index is 12.4. The predicted octanol–water partition coefficient (Wildman–Crippen LogP) is 3.42. The zero-order valence-corrected chi connectivity index (χ0v) is 15.0. The SMILES string of the molecule is C/C=C(\C)C(O)[C@@H](NS(=O)(=O)c1ccc(Cl)s1)[C@@H](C)CC. The molecule has 120 valence electrons. The first kappa shape index (κ1) is 18.6. The molecule has 1 aromatic heterocycles. The molecule has 0 saturated heterocycles. The van der Waals surface area contributed by atoms with Gasteiger partial charge in [0.15, 0.2) is 0 Å². The van der Waals surface area contributed by atoms with Gasteiger partial charge in [0.25, 0.3) is 0 Å². The van der Waals surface area contributed by atoms with Gasteiger partial charge in [-0.05, 0) is 37.5 Å². The zero-order chi connectivity index (χ0) is 16.2. The lowest BCUT2D eigenvalue weighted by Crippen LogP contribution is -2.47. The second-order valence-electron chi connectivity index (χ2n) is 5.07. The standard InChI is InChI=1S/C14H22ClNO3S2/c1-5-9(3)13(14(17)10(4)6-2)16-21(18,19)12-8-7-11(15)20-12/h6-9,13-14,16-17H,5H2,1-4H3/b10-6+/t9-,13-,14?/m0/s1. The summed E-state index contributed by atoms with van der Waals surface area (Å²) in [5.74, 6) is 0.000101. The lowest BCUT2D eigenvalue weighted by molar-refractivity contribution is 0.142. The second kappa shape index (κ2) is 7.74. The van der Waals surface area contributed by atoms with Crippen molar-refractivity contribution >= 4 is 33.0 Å². The molecule has 1 aromatic rings. The highest BCUT2D eigenvalue weighted by atomic mass is 35.5. The molecule has 2 N–H and O–H groups in total. The van der Waals surface area contributed by atoms with Crippen LogP contribution < -0.4 is 4.72 Å². The Morgan fingerprint density at radius 3 is 2.57 bits per heavy atom. The highest BCUT2D eigenvalue weighted by Crippen LogP contribution is 2.27. The maximum absolute atomic E-state index is 12.4. The van der Waals surface area contributed by atoms with Gasteiger partial charge in [-0.2, -0.15) is 0 Å². The van der Waals surface area contributed by atoms with E-state index in [0.717, 1.165) is 23.3 Å². The average Bonchev–Trinajstić information content (AvgIpc) is 2.89. The van der Waals surface area contributed by atoms with Crippen molar-refractivity contribution in [3.05, 3.63) is 28.1 Å². The van der Waals surface area contributed by atoms with E-state index < -0.39 is 22.2 Å². The molecular formula is C14H22ClNO3S2. The molecule has 1 unspecified atom stereocenters. The van der Waals surface area contributed by atoms with Gasteiger partial charge < -0.3 is 5.11 Å². The van der Waals surface area contributed by atoms with Crippen molar-refractivity contribution in [1.29, 1.82) is 0 Å². The monoisotopic (exact) mass is 351 g/mol. The van der Waals surface area contributed by atoms with Gasteiger partial charge in [-0.15, -0.1) is 11.3 Å². The Kier molecular flexibility index (Phi) is 6.87. The van der Waals surface area contributed by atoms with Crippen LogP contribution in [-0.2, 0) is 10.0 Å². The van der Waals surface area contributed by atoms with Crippen LogP contribution in [0.2, 0.25) is 4.34 Å². The highest BCUT2D eigenvalue weighted by Gasteiger charge is 2.30. The summed E-state index contributed by atoms with van der Waals surface area (Å²) in [6.45, 7) is 7.49. The van der Waals surface area contributed by atoms with Gasteiger partial charge in [0.2, 0.25) is 10.0 Å². The van der Waals surface area contributed by atoms with Crippen LogP contribution in [0.1, 0.15) is 34.1 Å². The van der Waals surface area contributed by atoms with E-state index in [0.29, 0.717) is 4.34 Å². The van der Waals surface area contributed by atoms with Crippen LogP contribution in [0.5, 0.6) is 0 Å². The van der Waals surface area contributed by atoms with E-state index in [2.05, 4.69) is 4.72 Å².